The summed E-state index contributed by atoms with van der Waals surface area (Å²) in [5, 5.41) is 10.4. The fraction of sp³-hybridized carbons (Fsp3) is 0.500. The summed E-state index contributed by atoms with van der Waals surface area (Å²) in [4.78, 5) is 24.4. The van der Waals surface area contributed by atoms with Gasteiger partial charge in [-0.1, -0.05) is 25.0 Å². The van der Waals surface area contributed by atoms with Gasteiger partial charge >= 0.3 is 5.97 Å². The Morgan fingerprint density at radius 2 is 1.71 bits per heavy atom. The third-order valence-corrected chi connectivity index (χ3v) is 8.63. The maximum absolute atomic E-state index is 13.2. The van der Waals surface area contributed by atoms with Gasteiger partial charge in [0, 0.05) is 42.5 Å². The second-order valence-electron chi connectivity index (χ2n) is 12.8. The number of hydrogen-bond donors (Lipinski definition) is 1. The van der Waals surface area contributed by atoms with Crippen molar-refractivity contribution in [2.45, 2.75) is 84.3 Å². The van der Waals surface area contributed by atoms with Crippen LogP contribution in [0.5, 0.6) is 5.75 Å². The average Bonchev–Trinajstić information content (AvgIpc) is 3.41. The van der Waals surface area contributed by atoms with Gasteiger partial charge in [0.05, 0.1) is 29.8 Å². The van der Waals surface area contributed by atoms with E-state index in [0.717, 1.165) is 42.7 Å². The van der Waals surface area contributed by atoms with Crippen molar-refractivity contribution in [3.63, 3.8) is 0 Å². The minimum absolute atomic E-state index is 0.255. The van der Waals surface area contributed by atoms with E-state index < -0.39 is 17.7 Å². The lowest BCUT2D eigenvalue weighted by molar-refractivity contribution is -0.160. The predicted octanol–water partition coefficient (Wildman–Crippen LogP) is 7.31. The summed E-state index contributed by atoms with van der Waals surface area (Å²) >= 11 is 0. The normalized spacial score (nSPS) is 17.4. The average molecular weight is 576 g/mol. The van der Waals surface area contributed by atoms with Gasteiger partial charge in [0.2, 0.25) is 0 Å². The van der Waals surface area contributed by atoms with Gasteiger partial charge < -0.3 is 19.5 Å². The first-order chi connectivity index (χ1) is 20.0. The number of pyridine rings is 2. The number of nitrogens with zero attached hydrogens (tertiary/aromatic N) is 3. The highest BCUT2D eigenvalue weighted by atomic mass is 19.1. The zero-order chi connectivity index (χ0) is 29.9. The van der Waals surface area contributed by atoms with Crippen molar-refractivity contribution in [2.75, 3.05) is 24.6 Å². The molecule has 0 unspecified atom stereocenters. The third kappa shape index (κ3) is 6.92. The van der Waals surface area contributed by atoms with E-state index >= 15 is 0 Å². The SMILES string of the molecule is Cc1ncc(-c2ccc(OCCc3ccc(F)cc3)cn2)c(N2CCC3(CCCC3)CC2)c1[C@H](OC(C)(C)C)C(=O)O. The molecular weight excluding hydrogens is 533 g/mol. The number of halogens is 1. The van der Waals surface area contributed by atoms with Crippen LogP contribution in [0.2, 0.25) is 0 Å². The largest absolute Gasteiger partial charge is 0.492 e. The van der Waals surface area contributed by atoms with Gasteiger partial charge in [0.25, 0.3) is 0 Å². The molecule has 42 heavy (non-hydrogen) atoms. The number of benzene rings is 1. The summed E-state index contributed by atoms with van der Waals surface area (Å²) in [5.41, 5.74) is 4.33. The van der Waals surface area contributed by atoms with Crippen LogP contribution in [0, 0.1) is 18.2 Å². The summed E-state index contributed by atoms with van der Waals surface area (Å²) in [6.07, 6.45) is 10.3. The van der Waals surface area contributed by atoms with E-state index in [9.17, 15) is 14.3 Å². The molecule has 1 saturated heterocycles. The summed E-state index contributed by atoms with van der Waals surface area (Å²) < 4.78 is 25.3. The monoisotopic (exact) mass is 575 g/mol. The number of ether oxygens (including phenoxy) is 2. The molecule has 0 amide bonds. The number of carboxylic acid groups (broad SMARTS) is 1. The van der Waals surface area contributed by atoms with E-state index in [1.165, 1.54) is 37.8 Å². The van der Waals surface area contributed by atoms with Crippen LogP contribution in [0.15, 0.2) is 48.8 Å². The van der Waals surface area contributed by atoms with Crippen LogP contribution >= 0.6 is 0 Å². The minimum atomic E-state index is -1.16. The number of rotatable bonds is 9. The van der Waals surface area contributed by atoms with Crippen LogP contribution in [0.3, 0.4) is 0 Å². The predicted molar refractivity (Wildman–Crippen MR) is 161 cm³/mol. The lowest BCUT2D eigenvalue weighted by atomic mass is 9.76. The first-order valence-corrected chi connectivity index (χ1v) is 15.0. The van der Waals surface area contributed by atoms with Crippen LogP contribution < -0.4 is 9.64 Å². The van der Waals surface area contributed by atoms with Crippen LogP contribution in [0.1, 0.15) is 82.2 Å². The molecule has 0 bridgehead atoms. The Morgan fingerprint density at radius 1 is 1.02 bits per heavy atom. The Labute approximate surface area is 248 Å². The Kier molecular flexibility index (Phi) is 8.83. The lowest BCUT2D eigenvalue weighted by Gasteiger charge is -2.42. The Bertz CT molecular complexity index is 1370. The van der Waals surface area contributed by atoms with E-state index in [1.54, 1.807) is 18.3 Å². The molecule has 3 heterocycles. The fourth-order valence-corrected chi connectivity index (χ4v) is 6.43. The molecule has 1 atom stereocenters. The molecule has 1 saturated carbocycles. The van der Waals surface area contributed by atoms with E-state index in [0.29, 0.717) is 41.1 Å². The molecule has 1 aliphatic heterocycles. The van der Waals surface area contributed by atoms with E-state index in [-0.39, 0.29) is 5.82 Å². The first kappa shape index (κ1) is 30.0. The zero-order valence-electron chi connectivity index (χ0n) is 25.2. The molecule has 224 valence electrons. The molecule has 1 aliphatic carbocycles. The number of hydrogen-bond acceptors (Lipinski definition) is 6. The number of aromatic nitrogens is 2. The summed E-state index contributed by atoms with van der Waals surface area (Å²) in [6, 6.07) is 10.2. The minimum Gasteiger partial charge on any atom is -0.492 e. The molecule has 5 rings (SSSR count). The van der Waals surface area contributed by atoms with E-state index in [1.807, 2.05) is 46.0 Å². The van der Waals surface area contributed by atoms with Crippen LogP contribution in [-0.2, 0) is 16.0 Å². The van der Waals surface area contributed by atoms with Crippen LogP contribution in [0.4, 0.5) is 10.1 Å². The maximum Gasteiger partial charge on any atom is 0.337 e. The third-order valence-electron chi connectivity index (χ3n) is 8.63. The van der Waals surface area contributed by atoms with Crippen molar-refractivity contribution < 1.29 is 23.8 Å². The van der Waals surface area contributed by atoms with Crippen LogP contribution in [-0.4, -0.2) is 46.3 Å². The smallest absolute Gasteiger partial charge is 0.337 e. The fourth-order valence-electron chi connectivity index (χ4n) is 6.43. The van der Waals surface area contributed by atoms with E-state index in [4.69, 9.17) is 14.5 Å². The molecular formula is C34H42FN3O4. The summed E-state index contributed by atoms with van der Waals surface area (Å²) in [7, 11) is 0. The highest BCUT2D eigenvalue weighted by molar-refractivity contribution is 5.85. The molecule has 3 aromatic rings. The highest BCUT2D eigenvalue weighted by Crippen LogP contribution is 2.49. The number of anilines is 1. The van der Waals surface area contributed by atoms with Crippen molar-refractivity contribution in [3.05, 3.63) is 71.4 Å². The standard InChI is InChI=1S/C34H42FN3O4/c1-23-29(31(32(39)40)42-33(2,3)4)30(38-18-16-34(17-19-38)14-5-6-15-34)27(22-36-23)28-12-11-26(21-37-28)41-20-13-24-7-9-25(35)10-8-24/h7-12,21-22,31H,5-6,13-20H2,1-4H3,(H,39,40)/t31-/m0/s1. The van der Waals surface area contributed by atoms with Gasteiger partial charge in [-0.05, 0) is 88.6 Å². The molecule has 8 heteroatoms. The lowest BCUT2D eigenvalue weighted by Crippen LogP contribution is -2.40. The molecule has 2 aromatic heterocycles. The Morgan fingerprint density at radius 3 is 2.31 bits per heavy atom. The van der Waals surface area contributed by atoms with Gasteiger partial charge in [-0.25, -0.2) is 9.18 Å². The number of carbonyl (C=O) groups is 1. The molecule has 2 fully saturated rings. The number of aliphatic carboxylic acids is 1. The molecule has 1 aromatic carbocycles. The second-order valence-corrected chi connectivity index (χ2v) is 12.8. The topological polar surface area (TPSA) is 84.8 Å². The Hall–Kier alpha value is -3.52. The van der Waals surface area contributed by atoms with Crippen molar-refractivity contribution in [2.24, 2.45) is 5.41 Å². The maximum atomic E-state index is 13.2. The number of carboxylic acids is 1. The zero-order valence-corrected chi connectivity index (χ0v) is 25.2. The number of piperidine rings is 1. The van der Waals surface area contributed by atoms with Crippen molar-refractivity contribution >= 4 is 11.7 Å². The van der Waals surface area contributed by atoms with Crippen molar-refractivity contribution in [1.29, 1.82) is 0 Å². The second kappa shape index (κ2) is 12.4. The molecule has 0 radical (unpaired) electrons. The van der Waals surface area contributed by atoms with E-state index in [2.05, 4.69) is 9.88 Å². The van der Waals surface area contributed by atoms with Gasteiger partial charge in [0.1, 0.15) is 11.6 Å². The summed E-state index contributed by atoms with van der Waals surface area (Å²) in [5.74, 6) is -0.659. The first-order valence-electron chi connectivity index (χ1n) is 15.0. The number of aryl methyl sites for hydroxylation is 1. The van der Waals surface area contributed by atoms with Gasteiger partial charge in [0.15, 0.2) is 6.10 Å². The van der Waals surface area contributed by atoms with Gasteiger partial charge in [-0.15, -0.1) is 0 Å². The summed E-state index contributed by atoms with van der Waals surface area (Å²) in [6.45, 7) is 9.63. The molecule has 1 N–H and O–H groups in total. The van der Waals surface area contributed by atoms with Crippen molar-refractivity contribution in [1.82, 2.24) is 9.97 Å². The van der Waals surface area contributed by atoms with Crippen LogP contribution in [0.25, 0.3) is 11.3 Å². The van der Waals surface area contributed by atoms with Gasteiger partial charge in [-0.3, -0.25) is 9.97 Å². The Balaban J connectivity index is 1.45. The van der Waals surface area contributed by atoms with Gasteiger partial charge in [-0.2, -0.15) is 0 Å². The highest BCUT2D eigenvalue weighted by Gasteiger charge is 2.40. The quantitative estimate of drug-likeness (QED) is 0.286. The van der Waals surface area contributed by atoms with Crippen molar-refractivity contribution in [3.8, 4) is 17.0 Å². The molecule has 2 aliphatic rings. The molecule has 7 nitrogen and oxygen atoms in total. The molecule has 1 spiro atoms.